The van der Waals surface area contributed by atoms with E-state index in [2.05, 4.69) is 19.9 Å². The zero-order valence-electron chi connectivity index (χ0n) is 7.48. The van der Waals surface area contributed by atoms with E-state index >= 15 is 0 Å². The van der Waals surface area contributed by atoms with E-state index in [1.165, 1.54) is 36.7 Å². The third-order valence-corrected chi connectivity index (χ3v) is 2.72. The molecule has 7 heteroatoms. The van der Waals surface area contributed by atoms with Crippen molar-refractivity contribution in [2.24, 2.45) is 0 Å². The number of aromatic nitrogens is 4. The molecule has 0 bridgehead atoms. The lowest BCUT2D eigenvalue weighted by Gasteiger charge is -1.98. The minimum absolute atomic E-state index is 0.756. The molecule has 15 heavy (non-hydrogen) atoms. The second kappa shape index (κ2) is 5.64. The van der Waals surface area contributed by atoms with Gasteiger partial charge >= 0.3 is 0 Å². The van der Waals surface area contributed by atoms with Crippen molar-refractivity contribution in [1.29, 1.82) is 0 Å². The number of hydrogen-bond donors (Lipinski definition) is 0. The summed E-state index contributed by atoms with van der Waals surface area (Å²) in [7, 11) is 0. The fourth-order valence-corrected chi connectivity index (χ4v) is 1.85. The van der Waals surface area contributed by atoms with E-state index in [0.717, 1.165) is 10.1 Å². The van der Waals surface area contributed by atoms with Crippen LogP contribution in [0.1, 0.15) is 0 Å². The Morgan fingerprint density at radius 1 is 0.867 bits per heavy atom. The Balaban J connectivity index is 1.81. The van der Waals surface area contributed by atoms with Crippen molar-refractivity contribution in [3.05, 3.63) is 37.2 Å². The maximum Gasteiger partial charge on any atom is 0.128 e. The van der Waals surface area contributed by atoms with E-state index in [9.17, 15) is 0 Å². The SMILES string of the molecule is c1cc(SOSc2ccncn2)ncn1. The molecule has 0 saturated carbocycles. The van der Waals surface area contributed by atoms with Gasteiger partial charge < -0.3 is 0 Å². The molecule has 2 aromatic heterocycles. The maximum absolute atomic E-state index is 5.26. The van der Waals surface area contributed by atoms with Crippen molar-refractivity contribution in [3.8, 4) is 0 Å². The quantitative estimate of drug-likeness (QED) is 0.596. The smallest absolute Gasteiger partial charge is 0.128 e. The fourth-order valence-electron chi connectivity index (χ4n) is 0.742. The number of nitrogens with zero attached hydrogens (tertiary/aromatic N) is 4. The second-order valence-electron chi connectivity index (χ2n) is 2.33. The van der Waals surface area contributed by atoms with Crippen LogP contribution in [-0.4, -0.2) is 19.9 Å². The van der Waals surface area contributed by atoms with Gasteiger partial charge in [-0.2, -0.15) is 0 Å². The summed E-state index contributed by atoms with van der Waals surface area (Å²) < 4.78 is 5.26. The summed E-state index contributed by atoms with van der Waals surface area (Å²) in [6.45, 7) is 0. The van der Waals surface area contributed by atoms with Crippen LogP contribution in [0.25, 0.3) is 0 Å². The monoisotopic (exact) mass is 238 g/mol. The van der Waals surface area contributed by atoms with Crippen LogP contribution in [0.2, 0.25) is 0 Å². The predicted molar refractivity (Wildman–Crippen MR) is 56.9 cm³/mol. The molecule has 0 fully saturated rings. The molecule has 0 aliphatic heterocycles. The van der Waals surface area contributed by atoms with Gasteiger partial charge in [0.2, 0.25) is 0 Å². The first-order valence-corrected chi connectivity index (χ1v) is 5.47. The summed E-state index contributed by atoms with van der Waals surface area (Å²) in [5, 5.41) is 1.51. The highest BCUT2D eigenvalue weighted by Crippen LogP contribution is 2.26. The molecule has 0 spiro atoms. The van der Waals surface area contributed by atoms with E-state index < -0.39 is 0 Å². The Labute approximate surface area is 95.1 Å². The third kappa shape index (κ3) is 3.46. The molecule has 0 aromatic carbocycles. The topological polar surface area (TPSA) is 60.8 Å². The molecule has 0 amide bonds. The molecule has 0 N–H and O–H groups in total. The van der Waals surface area contributed by atoms with Gasteiger partial charge in [-0.15, -0.1) is 0 Å². The minimum Gasteiger partial charge on any atom is -0.245 e. The zero-order chi connectivity index (χ0) is 10.3. The molecule has 2 aromatic rings. The summed E-state index contributed by atoms with van der Waals surface area (Å²) in [6, 6.07) is 3.54. The molecule has 0 unspecified atom stereocenters. The molecule has 5 nitrogen and oxygen atoms in total. The first-order valence-electron chi connectivity index (χ1n) is 3.98. The maximum atomic E-state index is 5.26. The van der Waals surface area contributed by atoms with Gasteiger partial charge in [0.05, 0.1) is 24.1 Å². The molecule has 0 aliphatic carbocycles. The van der Waals surface area contributed by atoms with Crippen LogP contribution in [-0.2, 0) is 3.63 Å². The minimum atomic E-state index is 0.756. The van der Waals surface area contributed by atoms with Gasteiger partial charge in [-0.05, 0) is 12.1 Å². The third-order valence-electron chi connectivity index (χ3n) is 1.35. The molecule has 2 heterocycles. The predicted octanol–water partition coefficient (Wildman–Crippen LogP) is 2.00. The lowest BCUT2D eigenvalue weighted by Crippen LogP contribution is -1.81. The van der Waals surface area contributed by atoms with E-state index in [4.69, 9.17) is 3.63 Å². The Morgan fingerprint density at radius 2 is 1.40 bits per heavy atom. The first-order chi connectivity index (χ1) is 7.45. The highest BCUT2D eigenvalue weighted by molar-refractivity contribution is 8.07. The van der Waals surface area contributed by atoms with E-state index in [1.54, 1.807) is 24.5 Å². The molecular weight excluding hydrogens is 232 g/mol. The second-order valence-corrected chi connectivity index (χ2v) is 4.04. The average molecular weight is 238 g/mol. The van der Waals surface area contributed by atoms with Crippen molar-refractivity contribution in [2.45, 2.75) is 10.1 Å². The lowest BCUT2D eigenvalue weighted by atomic mass is 10.7. The van der Waals surface area contributed by atoms with Crippen molar-refractivity contribution >= 4 is 24.1 Å². The average Bonchev–Trinajstić information content (AvgIpc) is 2.32. The van der Waals surface area contributed by atoms with Crippen molar-refractivity contribution in [3.63, 3.8) is 0 Å². The Bertz CT molecular complexity index is 360. The van der Waals surface area contributed by atoms with Gasteiger partial charge in [0.25, 0.3) is 0 Å². The zero-order valence-corrected chi connectivity index (χ0v) is 9.11. The van der Waals surface area contributed by atoms with Crippen molar-refractivity contribution in [1.82, 2.24) is 19.9 Å². The highest BCUT2D eigenvalue weighted by Gasteiger charge is 1.98. The van der Waals surface area contributed by atoms with Crippen LogP contribution in [0, 0.1) is 0 Å². The van der Waals surface area contributed by atoms with Gasteiger partial charge in [0.1, 0.15) is 22.7 Å². The normalized spacial score (nSPS) is 10.1. The van der Waals surface area contributed by atoms with Gasteiger partial charge in [0, 0.05) is 12.4 Å². The Morgan fingerprint density at radius 3 is 1.80 bits per heavy atom. The van der Waals surface area contributed by atoms with E-state index in [1.807, 2.05) is 0 Å². The molecule has 0 radical (unpaired) electrons. The van der Waals surface area contributed by atoms with Crippen LogP contribution >= 0.6 is 24.1 Å². The van der Waals surface area contributed by atoms with Gasteiger partial charge in [-0.1, -0.05) is 0 Å². The largest absolute Gasteiger partial charge is 0.245 e. The molecule has 2 rings (SSSR count). The standard InChI is InChI=1S/C8H6N4OS2/c1-3-9-5-11-7(1)14-13-15-8-2-4-10-6-12-8/h1-6H. The van der Waals surface area contributed by atoms with Crippen LogP contribution in [0.5, 0.6) is 0 Å². The first kappa shape index (κ1) is 10.3. The summed E-state index contributed by atoms with van der Waals surface area (Å²) in [6.07, 6.45) is 6.27. The molecule has 0 saturated heterocycles. The highest BCUT2D eigenvalue weighted by atomic mass is 32.2. The van der Waals surface area contributed by atoms with Gasteiger partial charge in [-0.3, -0.25) is 0 Å². The number of hydrogen-bond acceptors (Lipinski definition) is 7. The van der Waals surface area contributed by atoms with Crippen LogP contribution in [0.15, 0.2) is 47.2 Å². The van der Waals surface area contributed by atoms with Crippen LogP contribution < -0.4 is 0 Å². The molecule has 0 aliphatic rings. The van der Waals surface area contributed by atoms with Gasteiger partial charge in [0.15, 0.2) is 0 Å². The summed E-state index contributed by atoms with van der Waals surface area (Å²) in [5.74, 6) is 0. The van der Waals surface area contributed by atoms with Crippen LogP contribution in [0.3, 0.4) is 0 Å². The van der Waals surface area contributed by atoms with E-state index in [0.29, 0.717) is 0 Å². The summed E-state index contributed by atoms with van der Waals surface area (Å²) in [5.41, 5.74) is 0. The number of rotatable bonds is 4. The van der Waals surface area contributed by atoms with Crippen molar-refractivity contribution in [2.75, 3.05) is 0 Å². The Kier molecular flexibility index (Phi) is 3.89. The molecule has 76 valence electrons. The Hall–Kier alpha value is -1.18. The van der Waals surface area contributed by atoms with Gasteiger partial charge in [-0.25, -0.2) is 23.6 Å². The summed E-state index contributed by atoms with van der Waals surface area (Å²) in [4.78, 5) is 15.6. The fraction of sp³-hybridized carbons (Fsp3) is 0. The molecule has 0 atom stereocenters. The van der Waals surface area contributed by atoms with E-state index in [-0.39, 0.29) is 0 Å². The van der Waals surface area contributed by atoms with Crippen LogP contribution in [0.4, 0.5) is 0 Å². The van der Waals surface area contributed by atoms with Crippen molar-refractivity contribution < 1.29 is 3.63 Å². The lowest BCUT2D eigenvalue weighted by molar-refractivity contribution is 0.744. The summed E-state index contributed by atoms with van der Waals surface area (Å²) >= 11 is 2.33. The molecular formula is C8H6N4OS2.